The molecule has 2 rings (SSSR count). The van der Waals surface area contributed by atoms with Gasteiger partial charge in [0.15, 0.2) is 7.85 Å². The Bertz CT molecular complexity index is 462. The summed E-state index contributed by atoms with van der Waals surface area (Å²) in [7, 11) is 5.17. The molecule has 0 aliphatic heterocycles. The Morgan fingerprint density at radius 2 is 1.69 bits per heavy atom. The highest BCUT2D eigenvalue weighted by Crippen LogP contribution is 2.15. The molecule has 2 heteroatoms. The molecule has 0 heterocycles. The van der Waals surface area contributed by atoms with Crippen LogP contribution in [0.1, 0.15) is 10.4 Å². The van der Waals surface area contributed by atoms with Gasteiger partial charge in [0.05, 0.1) is 0 Å². The van der Waals surface area contributed by atoms with Crippen LogP contribution in [-0.2, 0) is 0 Å². The lowest BCUT2D eigenvalue weighted by Gasteiger charge is -1.99. The lowest BCUT2D eigenvalue weighted by molar-refractivity contribution is 0.108. The van der Waals surface area contributed by atoms with Crippen LogP contribution < -0.4 is 0 Å². The monoisotopic (exact) mass is 166 g/mol. The molecule has 0 bridgehead atoms. The molecular weight excluding hydrogens is 159 g/mol. The second kappa shape index (κ2) is 3.06. The first-order valence-corrected chi connectivity index (χ1v) is 4.06. The zero-order valence-corrected chi connectivity index (χ0v) is 7.03. The van der Waals surface area contributed by atoms with Gasteiger partial charge in [-0.1, -0.05) is 36.4 Å². The smallest absolute Gasteiger partial charge is 0.175 e. The van der Waals surface area contributed by atoms with Crippen LogP contribution in [0.15, 0.2) is 42.5 Å². The van der Waals surface area contributed by atoms with Crippen molar-refractivity contribution in [2.75, 3.05) is 0 Å². The van der Waals surface area contributed by atoms with Crippen molar-refractivity contribution in [1.29, 1.82) is 0 Å². The first-order valence-electron chi connectivity index (χ1n) is 4.06. The Morgan fingerprint density at radius 1 is 1.00 bits per heavy atom. The van der Waals surface area contributed by atoms with Gasteiger partial charge in [0, 0.05) is 5.56 Å². The first kappa shape index (κ1) is 8.05. The molecule has 0 saturated heterocycles. The fourth-order valence-electron chi connectivity index (χ4n) is 1.34. The lowest BCUT2D eigenvalue weighted by atomic mass is 9.93. The molecule has 0 aliphatic rings. The third-order valence-corrected chi connectivity index (χ3v) is 2.03. The summed E-state index contributed by atoms with van der Waals surface area (Å²) >= 11 is 0. The maximum atomic E-state index is 10.9. The highest BCUT2D eigenvalue weighted by molar-refractivity contribution is 6.62. The van der Waals surface area contributed by atoms with E-state index in [-0.39, 0.29) is 5.68 Å². The van der Waals surface area contributed by atoms with Crippen molar-refractivity contribution in [3.63, 3.8) is 0 Å². The molecule has 0 aromatic heterocycles. The Labute approximate surface area is 77.8 Å². The zero-order chi connectivity index (χ0) is 9.26. The molecule has 0 saturated carbocycles. The van der Waals surface area contributed by atoms with E-state index in [1.54, 1.807) is 12.1 Å². The van der Waals surface area contributed by atoms with Gasteiger partial charge in [-0.3, -0.25) is 0 Å². The molecule has 0 N–H and O–H groups in total. The summed E-state index contributed by atoms with van der Waals surface area (Å²) in [6.07, 6.45) is 0. The Balaban J connectivity index is 2.69. The van der Waals surface area contributed by atoms with Crippen molar-refractivity contribution < 1.29 is 4.79 Å². The van der Waals surface area contributed by atoms with Crippen LogP contribution in [0, 0.1) is 0 Å². The average molecular weight is 166 g/mol. The Morgan fingerprint density at radius 3 is 2.38 bits per heavy atom. The fourth-order valence-corrected chi connectivity index (χ4v) is 1.34. The van der Waals surface area contributed by atoms with E-state index >= 15 is 0 Å². The van der Waals surface area contributed by atoms with Crippen LogP contribution >= 0.6 is 0 Å². The summed E-state index contributed by atoms with van der Waals surface area (Å²) in [4.78, 5) is 10.9. The number of rotatable bonds is 1. The number of hydrogen-bond donors (Lipinski definition) is 0. The molecule has 0 atom stereocenters. The normalized spacial score (nSPS) is 10.2. The number of hydrogen-bond acceptors (Lipinski definition) is 1. The van der Waals surface area contributed by atoms with Gasteiger partial charge in [-0.15, -0.1) is 0 Å². The van der Waals surface area contributed by atoms with E-state index in [1.807, 2.05) is 30.3 Å². The Kier molecular flexibility index (Phi) is 1.89. The van der Waals surface area contributed by atoms with Crippen LogP contribution in [0.4, 0.5) is 0 Å². The molecule has 60 valence electrons. The zero-order valence-electron chi connectivity index (χ0n) is 7.03. The van der Waals surface area contributed by atoms with E-state index < -0.39 is 0 Å². The van der Waals surface area contributed by atoms with Crippen molar-refractivity contribution >= 4 is 24.3 Å². The van der Waals surface area contributed by atoms with Crippen LogP contribution in [0.2, 0.25) is 0 Å². The third kappa shape index (κ3) is 1.48. The van der Waals surface area contributed by atoms with Gasteiger partial charge < -0.3 is 4.79 Å². The van der Waals surface area contributed by atoms with E-state index in [2.05, 4.69) is 0 Å². The predicted molar refractivity (Wildman–Crippen MR) is 54.0 cm³/mol. The van der Waals surface area contributed by atoms with Gasteiger partial charge in [-0.2, -0.15) is 0 Å². The predicted octanol–water partition coefficient (Wildman–Crippen LogP) is 2.15. The van der Waals surface area contributed by atoms with E-state index in [4.69, 9.17) is 7.85 Å². The van der Waals surface area contributed by atoms with E-state index in [0.29, 0.717) is 5.56 Å². The minimum absolute atomic E-state index is 0.384. The molecule has 0 unspecified atom stereocenters. The van der Waals surface area contributed by atoms with Crippen LogP contribution in [0.3, 0.4) is 0 Å². The lowest BCUT2D eigenvalue weighted by Crippen LogP contribution is -1.96. The number of benzene rings is 2. The maximum Gasteiger partial charge on any atom is 0.175 e. The highest BCUT2D eigenvalue weighted by atomic mass is 16.1. The van der Waals surface area contributed by atoms with Gasteiger partial charge in [0.1, 0.15) is 5.68 Å². The SMILES string of the molecule is [B]C(=O)c1ccc2ccccc2c1. The van der Waals surface area contributed by atoms with Gasteiger partial charge in [-0.05, 0) is 16.8 Å². The summed E-state index contributed by atoms with van der Waals surface area (Å²) in [6.45, 7) is 0. The summed E-state index contributed by atoms with van der Waals surface area (Å²) in [5, 5.41) is 2.16. The summed E-state index contributed by atoms with van der Waals surface area (Å²) < 4.78 is 0. The van der Waals surface area contributed by atoms with E-state index in [9.17, 15) is 4.79 Å². The van der Waals surface area contributed by atoms with Crippen LogP contribution in [0.5, 0.6) is 0 Å². The first-order chi connectivity index (χ1) is 6.27. The van der Waals surface area contributed by atoms with Crippen molar-refractivity contribution in [3.05, 3.63) is 48.0 Å². The molecule has 0 fully saturated rings. The fraction of sp³-hybridized carbons (Fsp3) is 0. The number of fused-ring (bicyclic) bond motifs is 1. The molecule has 2 aromatic carbocycles. The van der Waals surface area contributed by atoms with Gasteiger partial charge in [0.25, 0.3) is 0 Å². The summed E-state index contributed by atoms with van der Waals surface area (Å²) in [5.41, 5.74) is 0.171. The Hall–Kier alpha value is -1.57. The molecule has 0 amide bonds. The molecule has 2 radical (unpaired) electrons. The highest BCUT2D eigenvalue weighted by Gasteiger charge is 1.98. The van der Waals surface area contributed by atoms with E-state index in [1.165, 1.54) is 0 Å². The van der Waals surface area contributed by atoms with Gasteiger partial charge >= 0.3 is 0 Å². The van der Waals surface area contributed by atoms with Crippen LogP contribution in [0.25, 0.3) is 10.8 Å². The minimum atomic E-state index is -0.384. The average Bonchev–Trinajstić information content (AvgIpc) is 2.17. The topological polar surface area (TPSA) is 17.1 Å². The van der Waals surface area contributed by atoms with E-state index in [0.717, 1.165) is 10.8 Å². The molecular formula is C11H7BO. The second-order valence-electron chi connectivity index (χ2n) is 2.93. The molecule has 2 aromatic rings. The molecule has 0 aliphatic carbocycles. The van der Waals surface area contributed by atoms with Crippen molar-refractivity contribution in [2.45, 2.75) is 0 Å². The number of carbonyl (C=O) groups is 1. The summed E-state index contributed by atoms with van der Waals surface area (Å²) in [6, 6.07) is 13.3. The second-order valence-corrected chi connectivity index (χ2v) is 2.93. The number of carbonyl (C=O) groups excluding carboxylic acids is 1. The van der Waals surface area contributed by atoms with Crippen LogP contribution in [-0.4, -0.2) is 13.5 Å². The minimum Gasteiger partial charge on any atom is -0.307 e. The molecule has 13 heavy (non-hydrogen) atoms. The molecule has 1 nitrogen and oxygen atoms in total. The summed E-state index contributed by atoms with van der Waals surface area (Å²) in [5.74, 6) is 0. The quantitative estimate of drug-likeness (QED) is 0.593. The van der Waals surface area contributed by atoms with Crippen molar-refractivity contribution in [1.82, 2.24) is 0 Å². The van der Waals surface area contributed by atoms with Gasteiger partial charge in [0.2, 0.25) is 0 Å². The maximum absolute atomic E-state index is 10.9. The van der Waals surface area contributed by atoms with Crippen molar-refractivity contribution in [2.24, 2.45) is 0 Å². The largest absolute Gasteiger partial charge is 0.307 e. The third-order valence-electron chi connectivity index (χ3n) is 2.03. The van der Waals surface area contributed by atoms with Gasteiger partial charge in [-0.25, -0.2) is 0 Å². The van der Waals surface area contributed by atoms with Crippen molar-refractivity contribution in [3.8, 4) is 0 Å². The molecule has 0 spiro atoms. The standard InChI is InChI=1S/C11H7BO/c12-11(13)10-6-5-8-3-1-2-4-9(8)7-10/h1-7H.